The van der Waals surface area contributed by atoms with Gasteiger partial charge in [0.05, 0.1) is 5.69 Å². The molecule has 0 saturated heterocycles. The van der Waals surface area contributed by atoms with E-state index in [-0.39, 0.29) is 11.1 Å². The Labute approximate surface area is 131 Å². The Balaban J connectivity index is 1.95. The monoisotopic (exact) mass is 328 g/mol. The summed E-state index contributed by atoms with van der Waals surface area (Å²) < 4.78 is 27.2. The van der Waals surface area contributed by atoms with Crippen LogP contribution >= 0.6 is 11.6 Å². The van der Waals surface area contributed by atoms with Crippen molar-refractivity contribution < 1.29 is 13.6 Å². The molecule has 0 saturated carbocycles. The Bertz CT molecular complexity index is 666. The third kappa shape index (κ3) is 4.17. The van der Waals surface area contributed by atoms with E-state index < -0.39 is 23.4 Å². The Morgan fingerprint density at radius 1 is 1.36 bits per heavy atom. The van der Waals surface area contributed by atoms with E-state index in [1.807, 2.05) is 13.0 Å². The molecule has 0 aliphatic carbocycles. The van der Waals surface area contributed by atoms with E-state index >= 15 is 0 Å². The number of amides is 2. The molecular formula is C14H15ClF2N4O. The maximum atomic E-state index is 13.6. The van der Waals surface area contributed by atoms with Gasteiger partial charge in [-0.2, -0.15) is 5.10 Å². The Kier molecular flexibility index (Phi) is 4.97. The summed E-state index contributed by atoms with van der Waals surface area (Å²) in [6.45, 7) is 3.63. The van der Waals surface area contributed by atoms with E-state index in [0.29, 0.717) is 6.42 Å². The molecule has 2 aromatic rings. The van der Waals surface area contributed by atoms with Gasteiger partial charge in [-0.05, 0) is 32.0 Å². The zero-order valence-electron chi connectivity index (χ0n) is 12.0. The number of halogens is 3. The van der Waals surface area contributed by atoms with Crippen LogP contribution in [-0.2, 0) is 6.42 Å². The normalized spacial score (nSPS) is 12.0. The molecule has 1 unspecified atom stereocenters. The van der Waals surface area contributed by atoms with Crippen molar-refractivity contribution in [2.75, 3.05) is 5.32 Å². The molecule has 5 nitrogen and oxygen atoms in total. The molecule has 0 aliphatic heterocycles. The Hall–Kier alpha value is -2.15. The largest absolute Gasteiger partial charge is 0.335 e. The molecule has 1 aromatic heterocycles. The van der Waals surface area contributed by atoms with Gasteiger partial charge in [-0.1, -0.05) is 11.6 Å². The number of aromatic amines is 1. The fourth-order valence-electron chi connectivity index (χ4n) is 1.98. The Morgan fingerprint density at radius 3 is 2.55 bits per heavy atom. The second-order valence-corrected chi connectivity index (χ2v) is 5.43. The van der Waals surface area contributed by atoms with Gasteiger partial charge in [-0.25, -0.2) is 13.6 Å². The molecule has 2 rings (SSSR count). The van der Waals surface area contributed by atoms with Crippen LogP contribution in [0.5, 0.6) is 0 Å². The average molecular weight is 329 g/mol. The molecule has 1 aromatic carbocycles. The molecule has 0 spiro atoms. The fourth-order valence-corrected chi connectivity index (χ4v) is 2.17. The van der Waals surface area contributed by atoms with Crippen molar-refractivity contribution in [3.63, 3.8) is 0 Å². The maximum Gasteiger partial charge on any atom is 0.319 e. The minimum absolute atomic E-state index is 0.0803. The average Bonchev–Trinajstić information content (AvgIpc) is 2.79. The number of carbonyl (C=O) groups excluding carboxylic acids is 1. The first-order valence-corrected chi connectivity index (χ1v) is 6.96. The fraction of sp³-hybridized carbons (Fsp3) is 0.286. The van der Waals surface area contributed by atoms with Gasteiger partial charge in [0.15, 0.2) is 11.6 Å². The van der Waals surface area contributed by atoms with E-state index in [1.165, 1.54) is 0 Å². The lowest BCUT2D eigenvalue weighted by Crippen LogP contribution is -2.37. The molecule has 3 N–H and O–H groups in total. The van der Waals surface area contributed by atoms with Gasteiger partial charge in [-0.3, -0.25) is 5.10 Å². The molecule has 0 fully saturated rings. The van der Waals surface area contributed by atoms with Crippen LogP contribution in [0, 0.1) is 18.6 Å². The lowest BCUT2D eigenvalue weighted by molar-refractivity contribution is 0.249. The van der Waals surface area contributed by atoms with Crippen LogP contribution in [0.25, 0.3) is 0 Å². The summed E-state index contributed by atoms with van der Waals surface area (Å²) in [6.07, 6.45) is 0.489. The van der Waals surface area contributed by atoms with Gasteiger partial charge in [0.1, 0.15) is 5.69 Å². The van der Waals surface area contributed by atoms with E-state index in [1.54, 1.807) is 6.92 Å². The molecule has 1 atom stereocenters. The highest BCUT2D eigenvalue weighted by molar-refractivity contribution is 6.30. The number of anilines is 1. The quantitative estimate of drug-likeness (QED) is 0.805. The summed E-state index contributed by atoms with van der Waals surface area (Å²) in [5.74, 6) is -1.87. The van der Waals surface area contributed by atoms with E-state index in [4.69, 9.17) is 11.6 Å². The molecule has 2 amide bonds. The number of hydrogen-bond donors (Lipinski definition) is 3. The van der Waals surface area contributed by atoms with Crippen molar-refractivity contribution in [2.24, 2.45) is 0 Å². The van der Waals surface area contributed by atoms with E-state index in [2.05, 4.69) is 20.8 Å². The second kappa shape index (κ2) is 6.74. The topological polar surface area (TPSA) is 69.8 Å². The summed E-state index contributed by atoms with van der Waals surface area (Å²) in [7, 11) is 0. The van der Waals surface area contributed by atoms with Crippen molar-refractivity contribution in [3.05, 3.63) is 46.2 Å². The zero-order chi connectivity index (χ0) is 16.3. The minimum atomic E-state index is -0.935. The molecule has 0 aliphatic rings. The van der Waals surface area contributed by atoms with Crippen LogP contribution in [0.2, 0.25) is 5.02 Å². The lowest BCUT2D eigenvalue weighted by atomic mass is 10.2. The standard InChI is InChI=1S/C14H15ClF2N4O/c1-7(3-10-4-8(2)20-21-10)18-14(22)19-13-11(16)5-9(15)6-12(13)17/h4-7H,3H2,1-2H3,(H,20,21)(H2,18,19,22). The van der Waals surface area contributed by atoms with Crippen molar-refractivity contribution in [3.8, 4) is 0 Å². The van der Waals surface area contributed by atoms with Crippen LogP contribution in [-0.4, -0.2) is 22.3 Å². The third-order valence-electron chi connectivity index (χ3n) is 2.90. The minimum Gasteiger partial charge on any atom is -0.335 e. The van der Waals surface area contributed by atoms with Crippen LogP contribution < -0.4 is 10.6 Å². The molecule has 1 heterocycles. The summed E-state index contributed by atoms with van der Waals surface area (Å²) in [5.41, 5.74) is 1.16. The number of aryl methyl sites for hydroxylation is 1. The molecule has 0 bridgehead atoms. The summed E-state index contributed by atoms with van der Waals surface area (Å²) in [4.78, 5) is 11.8. The highest BCUT2D eigenvalue weighted by Crippen LogP contribution is 2.23. The van der Waals surface area contributed by atoms with Crippen molar-refractivity contribution in [2.45, 2.75) is 26.3 Å². The molecule has 8 heteroatoms. The number of nitrogens with one attached hydrogen (secondary N) is 3. The van der Waals surface area contributed by atoms with E-state index in [0.717, 1.165) is 23.5 Å². The molecule has 118 valence electrons. The lowest BCUT2D eigenvalue weighted by Gasteiger charge is -2.14. The van der Waals surface area contributed by atoms with Crippen molar-refractivity contribution in [1.29, 1.82) is 0 Å². The Morgan fingerprint density at radius 2 is 2.00 bits per heavy atom. The number of nitrogens with zero attached hydrogens (tertiary/aromatic N) is 1. The number of H-pyrrole nitrogens is 1. The smallest absolute Gasteiger partial charge is 0.319 e. The predicted octanol–water partition coefficient (Wildman–Crippen LogP) is 3.40. The van der Waals surface area contributed by atoms with Gasteiger partial charge in [0.25, 0.3) is 0 Å². The van der Waals surface area contributed by atoms with Crippen LogP contribution in [0.4, 0.5) is 19.3 Å². The van der Waals surface area contributed by atoms with Gasteiger partial charge in [0, 0.05) is 23.2 Å². The number of rotatable bonds is 4. The van der Waals surface area contributed by atoms with Crippen LogP contribution in [0.15, 0.2) is 18.2 Å². The van der Waals surface area contributed by atoms with E-state index in [9.17, 15) is 13.6 Å². The number of benzene rings is 1. The number of aromatic nitrogens is 2. The first-order chi connectivity index (χ1) is 10.3. The molecule has 22 heavy (non-hydrogen) atoms. The summed E-state index contributed by atoms with van der Waals surface area (Å²) >= 11 is 5.52. The number of carbonyl (C=O) groups is 1. The number of hydrogen-bond acceptors (Lipinski definition) is 2. The SMILES string of the molecule is Cc1cc(CC(C)NC(=O)Nc2c(F)cc(Cl)cc2F)n[nH]1. The second-order valence-electron chi connectivity index (χ2n) is 4.99. The third-order valence-corrected chi connectivity index (χ3v) is 3.12. The van der Waals surface area contributed by atoms with Crippen molar-refractivity contribution in [1.82, 2.24) is 15.5 Å². The summed E-state index contributed by atoms with van der Waals surface area (Å²) in [6, 6.07) is 2.74. The molecule has 0 radical (unpaired) electrons. The van der Waals surface area contributed by atoms with Gasteiger partial charge >= 0.3 is 6.03 Å². The summed E-state index contributed by atoms with van der Waals surface area (Å²) in [5, 5.41) is 11.5. The first-order valence-electron chi connectivity index (χ1n) is 6.58. The first kappa shape index (κ1) is 16.2. The zero-order valence-corrected chi connectivity index (χ0v) is 12.8. The predicted molar refractivity (Wildman–Crippen MR) is 80.0 cm³/mol. The van der Waals surface area contributed by atoms with Crippen LogP contribution in [0.1, 0.15) is 18.3 Å². The van der Waals surface area contributed by atoms with Crippen molar-refractivity contribution >= 4 is 23.3 Å². The highest BCUT2D eigenvalue weighted by Gasteiger charge is 2.15. The number of urea groups is 1. The van der Waals surface area contributed by atoms with Crippen LogP contribution in [0.3, 0.4) is 0 Å². The van der Waals surface area contributed by atoms with Gasteiger partial charge in [-0.15, -0.1) is 0 Å². The highest BCUT2D eigenvalue weighted by atomic mass is 35.5. The van der Waals surface area contributed by atoms with Gasteiger partial charge < -0.3 is 10.6 Å². The maximum absolute atomic E-state index is 13.6. The molecular weight excluding hydrogens is 314 g/mol. The van der Waals surface area contributed by atoms with Gasteiger partial charge in [0.2, 0.25) is 0 Å².